The molecule has 94 valence electrons. The summed E-state index contributed by atoms with van der Waals surface area (Å²) in [6, 6.07) is 9.77. The number of anilines is 1. The first kappa shape index (κ1) is 13.3. The smallest absolute Gasteiger partial charge is 0.263 e. The van der Waals surface area contributed by atoms with Crippen LogP contribution in [0.1, 0.15) is 0 Å². The summed E-state index contributed by atoms with van der Waals surface area (Å²) in [5, 5.41) is 0.245. The van der Waals surface area contributed by atoms with Gasteiger partial charge in [-0.15, -0.1) is 0 Å². The van der Waals surface area contributed by atoms with Crippen molar-refractivity contribution < 1.29 is 8.42 Å². The molecule has 0 aliphatic carbocycles. The molecule has 0 unspecified atom stereocenters. The Balaban J connectivity index is 2.33. The second-order valence-electron chi connectivity index (χ2n) is 3.40. The number of nitrogens with one attached hydrogen (secondary N) is 1. The predicted octanol–water partition coefficient (Wildman–Crippen LogP) is 3.30. The van der Waals surface area contributed by atoms with Gasteiger partial charge in [0.25, 0.3) is 10.0 Å². The fourth-order valence-corrected chi connectivity index (χ4v) is 2.92. The van der Waals surface area contributed by atoms with Gasteiger partial charge in [-0.25, -0.2) is 13.4 Å². The number of hydrogen-bond donors (Lipinski definition) is 1. The summed E-state index contributed by atoms with van der Waals surface area (Å²) < 4.78 is 27.2. The molecule has 7 heteroatoms. The van der Waals surface area contributed by atoms with E-state index in [0.29, 0.717) is 10.2 Å². The standard InChI is InChI=1S/C11H8BrClN2O2S/c12-9-3-1-2-4-10(9)15-18(16,17)8-5-6-11(13)14-7-8/h1-7,15H. The third-order valence-electron chi connectivity index (χ3n) is 2.13. The van der Waals surface area contributed by atoms with Crippen LogP contribution in [-0.2, 0) is 10.0 Å². The summed E-state index contributed by atoms with van der Waals surface area (Å²) in [4.78, 5) is 3.80. The largest absolute Gasteiger partial charge is 0.278 e. The van der Waals surface area contributed by atoms with Crippen molar-refractivity contribution in [3.05, 3.63) is 52.2 Å². The monoisotopic (exact) mass is 346 g/mol. The maximum absolute atomic E-state index is 12.1. The van der Waals surface area contributed by atoms with E-state index in [1.165, 1.54) is 18.3 Å². The zero-order valence-corrected chi connectivity index (χ0v) is 12.1. The number of pyridine rings is 1. The average Bonchev–Trinajstić information content (AvgIpc) is 2.32. The minimum absolute atomic E-state index is 0.0580. The number of aromatic nitrogens is 1. The second kappa shape index (κ2) is 5.26. The summed E-state index contributed by atoms with van der Waals surface area (Å²) in [5.74, 6) is 0. The van der Waals surface area contributed by atoms with Crippen LogP contribution in [0.25, 0.3) is 0 Å². The first-order valence-corrected chi connectivity index (χ1v) is 7.53. The van der Waals surface area contributed by atoms with E-state index in [1.54, 1.807) is 24.3 Å². The maximum atomic E-state index is 12.1. The maximum Gasteiger partial charge on any atom is 0.263 e. The van der Waals surface area contributed by atoms with Gasteiger partial charge in [-0.2, -0.15) is 0 Å². The Morgan fingerprint density at radius 3 is 2.50 bits per heavy atom. The summed E-state index contributed by atoms with van der Waals surface area (Å²) in [5.41, 5.74) is 0.465. The zero-order valence-electron chi connectivity index (χ0n) is 8.97. The van der Waals surface area contributed by atoms with Crippen LogP contribution in [0, 0.1) is 0 Å². The molecule has 0 atom stereocenters. The van der Waals surface area contributed by atoms with Crippen LogP contribution in [0.4, 0.5) is 5.69 Å². The molecule has 0 fully saturated rings. The Morgan fingerprint density at radius 1 is 1.17 bits per heavy atom. The molecule has 4 nitrogen and oxygen atoms in total. The molecule has 0 amide bonds. The Bertz CT molecular complexity index is 659. The Morgan fingerprint density at radius 2 is 1.89 bits per heavy atom. The van der Waals surface area contributed by atoms with Gasteiger partial charge in [0.15, 0.2) is 0 Å². The van der Waals surface area contributed by atoms with Crippen LogP contribution in [0.15, 0.2) is 52.0 Å². The van der Waals surface area contributed by atoms with Gasteiger partial charge >= 0.3 is 0 Å². The van der Waals surface area contributed by atoms with Gasteiger partial charge in [0.05, 0.1) is 5.69 Å². The highest BCUT2D eigenvalue weighted by atomic mass is 79.9. The molecule has 1 heterocycles. The fourth-order valence-electron chi connectivity index (χ4n) is 1.27. The highest BCUT2D eigenvalue weighted by molar-refractivity contribution is 9.10. The highest BCUT2D eigenvalue weighted by Gasteiger charge is 2.15. The lowest BCUT2D eigenvalue weighted by Crippen LogP contribution is -2.13. The van der Waals surface area contributed by atoms with E-state index >= 15 is 0 Å². The van der Waals surface area contributed by atoms with E-state index in [0.717, 1.165) is 0 Å². The van der Waals surface area contributed by atoms with Crippen molar-refractivity contribution in [3.8, 4) is 0 Å². The molecule has 1 N–H and O–H groups in total. The molecule has 1 aromatic carbocycles. The fraction of sp³-hybridized carbons (Fsp3) is 0. The molecule has 0 bridgehead atoms. The molecule has 0 aliphatic heterocycles. The lowest BCUT2D eigenvalue weighted by Gasteiger charge is -2.09. The van der Waals surface area contributed by atoms with Gasteiger partial charge in [-0.3, -0.25) is 4.72 Å². The van der Waals surface area contributed by atoms with Crippen LogP contribution in [-0.4, -0.2) is 13.4 Å². The lowest BCUT2D eigenvalue weighted by molar-refractivity contribution is 0.601. The Labute approximate surface area is 118 Å². The van der Waals surface area contributed by atoms with Crippen LogP contribution >= 0.6 is 27.5 Å². The SMILES string of the molecule is O=S(=O)(Nc1ccccc1Br)c1ccc(Cl)nc1. The molecular formula is C11H8BrClN2O2S. The second-order valence-corrected chi connectivity index (χ2v) is 6.33. The molecule has 0 saturated heterocycles. The zero-order chi connectivity index (χ0) is 13.2. The number of para-hydroxylation sites is 1. The number of sulfonamides is 1. The van der Waals surface area contributed by atoms with Crippen molar-refractivity contribution in [1.82, 2.24) is 4.98 Å². The molecule has 0 radical (unpaired) electrons. The van der Waals surface area contributed by atoms with Gasteiger partial charge < -0.3 is 0 Å². The molecule has 0 saturated carbocycles. The minimum Gasteiger partial charge on any atom is -0.278 e. The minimum atomic E-state index is -3.65. The molecule has 18 heavy (non-hydrogen) atoms. The van der Waals surface area contributed by atoms with E-state index in [4.69, 9.17) is 11.6 Å². The molecular weight excluding hydrogens is 340 g/mol. The number of nitrogens with zero attached hydrogens (tertiary/aromatic N) is 1. The van der Waals surface area contributed by atoms with Gasteiger partial charge in [-0.05, 0) is 40.2 Å². The first-order valence-electron chi connectivity index (χ1n) is 4.88. The quantitative estimate of drug-likeness (QED) is 0.867. The lowest BCUT2D eigenvalue weighted by atomic mass is 10.3. The van der Waals surface area contributed by atoms with Gasteiger partial charge in [0, 0.05) is 10.7 Å². The van der Waals surface area contributed by atoms with E-state index in [-0.39, 0.29) is 10.0 Å². The van der Waals surface area contributed by atoms with Crippen molar-refractivity contribution in [3.63, 3.8) is 0 Å². The van der Waals surface area contributed by atoms with Crippen molar-refractivity contribution in [2.45, 2.75) is 4.90 Å². The van der Waals surface area contributed by atoms with Gasteiger partial charge in [-0.1, -0.05) is 23.7 Å². The van der Waals surface area contributed by atoms with Crippen LogP contribution in [0.5, 0.6) is 0 Å². The van der Waals surface area contributed by atoms with E-state index in [9.17, 15) is 8.42 Å². The normalized spacial score (nSPS) is 11.2. The third kappa shape index (κ3) is 3.01. The number of halogens is 2. The van der Waals surface area contributed by atoms with E-state index < -0.39 is 10.0 Å². The molecule has 1 aromatic heterocycles. The number of benzene rings is 1. The highest BCUT2D eigenvalue weighted by Crippen LogP contribution is 2.24. The average molecular weight is 348 g/mol. The predicted molar refractivity (Wildman–Crippen MR) is 74.2 cm³/mol. The van der Waals surface area contributed by atoms with Gasteiger partial charge in [0.1, 0.15) is 10.0 Å². The molecule has 2 aromatic rings. The molecule has 0 aliphatic rings. The number of rotatable bonds is 3. The summed E-state index contributed by atoms with van der Waals surface area (Å²) >= 11 is 8.88. The van der Waals surface area contributed by atoms with E-state index in [2.05, 4.69) is 25.6 Å². The van der Waals surface area contributed by atoms with E-state index in [1.807, 2.05) is 0 Å². The summed E-state index contributed by atoms with van der Waals surface area (Å²) in [6.45, 7) is 0. The Hall–Kier alpha value is -1.11. The molecule has 0 spiro atoms. The third-order valence-corrected chi connectivity index (χ3v) is 4.39. The van der Waals surface area contributed by atoms with Gasteiger partial charge in [0.2, 0.25) is 0 Å². The van der Waals surface area contributed by atoms with Crippen molar-refractivity contribution >= 4 is 43.2 Å². The topological polar surface area (TPSA) is 59.1 Å². The van der Waals surface area contributed by atoms with Crippen LogP contribution < -0.4 is 4.72 Å². The Kier molecular flexibility index (Phi) is 3.89. The summed E-state index contributed by atoms with van der Waals surface area (Å²) in [7, 11) is -3.65. The van der Waals surface area contributed by atoms with Crippen molar-refractivity contribution in [1.29, 1.82) is 0 Å². The van der Waals surface area contributed by atoms with Crippen LogP contribution in [0.2, 0.25) is 5.15 Å². The first-order chi connectivity index (χ1) is 8.49. The van der Waals surface area contributed by atoms with Crippen molar-refractivity contribution in [2.75, 3.05) is 4.72 Å². The summed E-state index contributed by atoms with van der Waals surface area (Å²) in [6.07, 6.45) is 1.21. The van der Waals surface area contributed by atoms with Crippen molar-refractivity contribution in [2.24, 2.45) is 0 Å². The molecule has 2 rings (SSSR count). The number of hydrogen-bond acceptors (Lipinski definition) is 3. The van der Waals surface area contributed by atoms with Crippen LogP contribution in [0.3, 0.4) is 0 Å².